The number of carbonyl (C=O) groups is 1. The number of nitrogens with two attached hydrogens (primary N) is 1. The van der Waals surface area contributed by atoms with Crippen LogP contribution in [0.1, 0.15) is 29.3 Å². The van der Waals surface area contributed by atoms with Gasteiger partial charge in [-0.1, -0.05) is 12.2 Å². The quantitative estimate of drug-likeness (QED) is 0.479. The van der Waals surface area contributed by atoms with Crippen LogP contribution in [-0.2, 0) is 0 Å². The van der Waals surface area contributed by atoms with Crippen molar-refractivity contribution in [1.82, 2.24) is 5.32 Å². The van der Waals surface area contributed by atoms with Crippen LogP contribution in [-0.4, -0.2) is 12.5 Å². The van der Waals surface area contributed by atoms with Crippen LogP contribution in [0, 0.1) is 12.7 Å². The first kappa shape index (κ1) is 13.2. The molecule has 1 aromatic carbocycles. The van der Waals surface area contributed by atoms with E-state index in [1.807, 2.05) is 19.1 Å². The van der Waals surface area contributed by atoms with Gasteiger partial charge in [-0.15, -0.1) is 0 Å². The fraction of sp³-hybridized carbons (Fsp3) is 0.308. The fourth-order valence-electron chi connectivity index (χ4n) is 1.37. The zero-order valence-electron chi connectivity index (χ0n) is 10.1. The number of halogens is 1. The molecule has 1 aromatic rings. The van der Waals surface area contributed by atoms with E-state index in [0.717, 1.165) is 6.42 Å². The Labute approximate surface area is 101 Å². The summed E-state index contributed by atoms with van der Waals surface area (Å²) in [6.07, 6.45) is 4.62. The van der Waals surface area contributed by atoms with Gasteiger partial charge in [-0.05, 0) is 32.4 Å². The van der Waals surface area contributed by atoms with E-state index in [1.54, 1.807) is 6.92 Å². The van der Waals surface area contributed by atoms with E-state index in [-0.39, 0.29) is 11.5 Å². The smallest absolute Gasteiger partial charge is 0.251 e. The molecule has 0 aliphatic carbocycles. The van der Waals surface area contributed by atoms with Gasteiger partial charge >= 0.3 is 0 Å². The first-order valence-electron chi connectivity index (χ1n) is 5.51. The van der Waals surface area contributed by atoms with Crippen LogP contribution < -0.4 is 11.1 Å². The largest absolute Gasteiger partial charge is 0.398 e. The second kappa shape index (κ2) is 6.03. The van der Waals surface area contributed by atoms with E-state index in [9.17, 15) is 9.18 Å². The molecule has 92 valence electrons. The van der Waals surface area contributed by atoms with Crippen molar-refractivity contribution in [1.29, 1.82) is 0 Å². The maximum absolute atomic E-state index is 13.4. The van der Waals surface area contributed by atoms with Gasteiger partial charge in [-0.3, -0.25) is 4.79 Å². The van der Waals surface area contributed by atoms with Crippen molar-refractivity contribution in [3.8, 4) is 0 Å². The lowest BCUT2D eigenvalue weighted by atomic mass is 10.1. The van der Waals surface area contributed by atoms with Crippen LogP contribution in [0.15, 0.2) is 24.3 Å². The first-order valence-corrected chi connectivity index (χ1v) is 5.51. The number of amides is 1. The molecule has 0 spiro atoms. The Morgan fingerprint density at radius 2 is 2.24 bits per heavy atom. The number of hydrogen-bond donors (Lipinski definition) is 2. The molecular weight excluding hydrogens is 219 g/mol. The molecule has 0 fully saturated rings. The van der Waals surface area contributed by atoms with Gasteiger partial charge in [0.05, 0.1) is 0 Å². The summed E-state index contributed by atoms with van der Waals surface area (Å²) in [5.74, 6) is -0.760. The summed E-state index contributed by atoms with van der Waals surface area (Å²) >= 11 is 0. The molecule has 17 heavy (non-hydrogen) atoms. The SMILES string of the molecule is C/C=C/CCNC(=O)c1cc(N)c(C)c(F)c1. The number of carbonyl (C=O) groups excluding carboxylic acids is 1. The van der Waals surface area contributed by atoms with Crippen molar-refractivity contribution in [3.63, 3.8) is 0 Å². The third-order valence-electron chi connectivity index (χ3n) is 2.48. The Morgan fingerprint density at radius 1 is 1.53 bits per heavy atom. The zero-order valence-corrected chi connectivity index (χ0v) is 10.1. The van der Waals surface area contributed by atoms with Gasteiger partial charge in [-0.25, -0.2) is 4.39 Å². The highest BCUT2D eigenvalue weighted by Crippen LogP contribution is 2.17. The molecule has 0 aromatic heterocycles. The van der Waals surface area contributed by atoms with Crippen molar-refractivity contribution < 1.29 is 9.18 Å². The molecule has 0 bridgehead atoms. The minimum Gasteiger partial charge on any atom is -0.398 e. The normalized spacial score (nSPS) is 10.8. The summed E-state index contributed by atoms with van der Waals surface area (Å²) in [5, 5.41) is 2.70. The third-order valence-corrected chi connectivity index (χ3v) is 2.48. The molecule has 0 saturated heterocycles. The molecule has 0 saturated carbocycles. The molecule has 4 heteroatoms. The van der Waals surface area contributed by atoms with Crippen molar-refractivity contribution in [2.24, 2.45) is 0 Å². The third kappa shape index (κ3) is 3.59. The zero-order chi connectivity index (χ0) is 12.8. The number of allylic oxidation sites excluding steroid dienone is 1. The van der Waals surface area contributed by atoms with Crippen molar-refractivity contribution in [2.45, 2.75) is 20.3 Å². The van der Waals surface area contributed by atoms with Crippen LogP contribution in [0.2, 0.25) is 0 Å². The average molecular weight is 236 g/mol. The van der Waals surface area contributed by atoms with Crippen LogP contribution in [0.25, 0.3) is 0 Å². The first-order chi connectivity index (χ1) is 8.06. The molecule has 3 nitrogen and oxygen atoms in total. The molecule has 1 rings (SSSR count). The number of benzene rings is 1. The summed E-state index contributed by atoms with van der Waals surface area (Å²) in [6, 6.07) is 2.69. The Morgan fingerprint density at radius 3 is 2.82 bits per heavy atom. The van der Waals surface area contributed by atoms with E-state index in [1.165, 1.54) is 12.1 Å². The summed E-state index contributed by atoms with van der Waals surface area (Å²) in [5.41, 5.74) is 6.53. The van der Waals surface area contributed by atoms with Crippen LogP contribution >= 0.6 is 0 Å². The summed E-state index contributed by atoms with van der Waals surface area (Å²) in [6.45, 7) is 4.02. The van der Waals surface area contributed by atoms with E-state index in [2.05, 4.69) is 5.32 Å². The molecular formula is C13H17FN2O. The Bertz CT molecular complexity index is 418. The van der Waals surface area contributed by atoms with E-state index in [0.29, 0.717) is 17.8 Å². The number of nitrogens with one attached hydrogen (secondary N) is 1. The number of anilines is 1. The Kier molecular flexibility index (Phi) is 4.69. The number of rotatable bonds is 4. The minimum absolute atomic E-state index is 0.256. The Balaban J connectivity index is 2.69. The van der Waals surface area contributed by atoms with Crippen LogP contribution in [0.5, 0.6) is 0 Å². The second-order valence-electron chi connectivity index (χ2n) is 3.79. The lowest BCUT2D eigenvalue weighted by Crippen LogP contribution is -2.24. The topological polar surface area (TPSA) is 55.1 Å². The molecule has 1 amide bonds. The van der Waals surface area contributed by atoms with Crippen molar-refractivity contribution >= 4 is 11.6 Å². The molecule has 3 N–H and O–H groups in total. The van der Waals surface area contributed by atoms with E-state index < -0.39 is 5.82 Å². The van der Waals surface area contributed by atoms with Gasteiger partial charge < -0.3 is 11.1 Å². The van der Waals surface area contributed by atoms with Gasteiger partial charge in [0.15, 0.2) is 0 Å². The summed E-state index contributed by atoms with van der Waals surface area (Å²) < 4.78 is 13.4. The molecule has 0 heterocycles. The highest BCUT2D eigenvalue weighted by atomic mass is 19.1. The maximum Gasteiger partial charge on any atom is 0.251 e. The predicted molar refractivity (Wildman–Crippen MR) is 67.3 cm³/mol. The highest BCUT2D eigenvalue weighted by molar-refractivity contribution is 5.95. The van der Waals surface area contributed by atoms with Crippen LogP contribution in [0.3, 0.4) is 0 Å². The highest BCUT2D eigenvalue weighted by Gasteiger charge is 2.10. The molecule has 0 radical (unpaired) electrons. The number of hydrogen-bond acceptors (Lipinski definition) is 2. The molecule has 0 aliphatic heterocycles. The van der Waals surface area contributed by atoms with E-state index >= 15 is 0 Å². The lowest BCUT2D eigenvalue weighted by molar-refractivity contribution is 0.0954. The second-order valence-corrected chi connectivity index (χ2v) is 3.79. The van der Waals surface area contributed by atoms with Crippen LogP contribution in [0.4, 0.5) is 10.1 Å². The lowest BCUT2D eigenvalue weighted by Gasteiger charge is -2.07. The number of nitrogen functional groups attached to an aromatic ring is 1. The van der Waals surface area contributed by atoms with Gasteiger partial charge in [0.1, 0.15) is 5.82 Å². The molecule has 0 aliphatic rings. The fourth-order valence-corrected chi connectivity index (χ4v) is 1.37. The molecule has 0 atom stereocenters. The maximum atomic E-state index is 13.4. The van der Waals surface area contributed by atoms with E-state index in [4.69, 9.17) is 5.73 Å². The van der Waals surface area contributed by atoms with Crippen molar-refractivity contribution in [3.05, 3.63) is 41.2 Å². The van der Waals surface area contributed by atoms with Gasteiger partial charge in [-0.2, -0.15) is 0 Å². The predicted octanol–water partition coefficient (Wildman–Crippen LogP) is 2.41. The standard InChI is InChI=1S/C13H17FN2O/c1-3-4-5-6-16-13(17)10-7-11(14)9(2)12(15)8-10/h3-4,7-8H,5-6,15H2,1-2H3,(H,16,17)/b4-3+. The minimum atomic E-state index is -0.455. The average Bonchev–Trinajstić information content (AvgIpc) is 2.30. The van der Waals surface area contributed by atoms with Crippen molar-refractivity contribution in [2.75, 3.05) is 12.3 Å². The van der Waals surface area contributed by atoms with Gasteiger partial charge in [0, 0.05) is 23.4 Å². The summed E-state index contributed by atoms with van der Waals surface area (Å²) in [7, 11) is 0. The Hall–Kier alpha value is -1.84. The summed E-state index contributed by atoms with van der Waals surface area (Å²) in [4.78, 5) is 11.7. The van der Waals surface area contributed by atoms with Gasteiger partial charge in [0.25, 0.3) is 5.91 Å². The monoisotopic (exact) mass is 236 g/mol. The molecule has 0 unspecified atom stereocenters. The van der Waals surface area contributed by atoms with Gasteiger partial charge in [0.2, 0.25) is 0 Å².